The van der Waals surface area contributed by atoms with Gasteiger partial charge in [-0.25, -0.2) is 0 Å². The highest BCUT2D eigenvalue weighted by Crippen LogP contribution is 2.16. The molecule has 0 aliphatic carbocycles. The topological polar surface area (TPSA) is 84.2 Å². The molecule has 6 heteroatoms. The first-order chi connectivity index (χ1) is 9.81. The average molecular weight is 312 g/mol. The zero-order chi connectivity index (χ0) is 16.0. The summed E-state index contributed by atoms with van der Waals surface area (Å²) in [5, 5.41) is 5.94. The molecule has 1 aromatic rings. The van der Waals surface area contributed by atoms with Gasteiger partial charge < -0.3 is 16.4 Å². The van der Waals surface area contributed by atoms with Gasteiger partial charge in [-0.1, -0.05) is 37.6 Å². The van der Waals surface area contributed by atoms with Gasteiger partial charge in [-0.3, -0.25) is 9.59 Å². The summed E-state index contributed by atoms with van der Waals surface area (Å²) in [6.45, 7) is 5.46. The van der Waals surface area contributed by atoms with Crippen molar-refractivity contribution < 1.29 is 9.59 Å². The fourth-order valence-corrected chi connectivity index (χ4v) is 1.94. The standard InChI is InChI=1S/C15H22ClN3O2/c1-9(2)14(17)15(21)18-8-13(20)19-10(3)11-5-4-6-12(16)7-11/h4-7,9-10,14H,8,17H2,1-3H3,(H,18,21)(H,19,20)/t10-,14-/m0/s1. The van der Waals surface area contributed by atoms with Crippen LogP contribution >= 0.6 is 11.6 Å². The lowest BCUT2D eigenvalue weighted by Crippen LogP contribution is -2.47. The van der Waals surface area contributed by atoms with E-state index in [0.29, 0.717) is 5.02 Å². The second-order valence-electron chi connectivity index (χ2n) is 5.33. The molecule has 4 N–H and O–H groups in total. The van der Waals surface area contributed by atoms with Gasteiger partial charge in [0.2, 0.25) is 11.8 Å². The van der Waals surface area contributed by atoms with E-state index in [1.807, 2.05) is 32.9 Å². The molecule has 0 saturated heterocycles. The number of amides is 2. The summed E-state index contributed by atoms with van der Waals surface area (Å²) in [4.78, 5) is 23.5. The zero-order valence-corrected chi connectivity index (χ0v) is 13.3. The molecule has 0 unspecified atom stereocenters. The SMILES string of the molecule is CC(C)[C@H](N)C(=O)NCC(=O)N[C@@H](C)c1cccc(Cl)c1. The summed E-state index contributed by atoms with van der Waals surface area (Å²) in [7, 11) is 0. The molecule has 0 spiro atoms. The van der Waals surface area contributed by atoms with Gasteiger partial charge in [-0.2, -0.15) is 0 Å². The molecule has 116 valence electrons. The summed E-state index contributed by atoms with van der Waals surface area (Å²) in [5.74, 6) is -0.569. The Labute approximate surface area is 130 Å². The number of carbonyl (C=O) groups excluding carboxylic acids is 2. The van der Waals surface area contributed by atoms with Crippen molar-refractivity contribution >= 4 is 23.4 Å². The van der Waals surface area contributed by atoms with E-state index in [1.165, 1.54) is 0 Å². The Kier molecular flexibility index (Phi) is 6.65. The maximum absolute atomic E-state index is 11.8. The third kappa shape index (κ3) is 5.73. The van der Waals surface area contributed by atoms with Gasteiger partial charge in [0.05, 0.1) is 18.6 Å². The van der Waals surface area contributed by atoms with Crippen molar-refractivity contribution in [1.29, 1.82) is 0 Å². The minimum Gasteiger partial charge on any atom is -0.348 e. The summed E-state index contributed by atoms with van der Waals surface area (Å²) < 4.78 is 0. The molecular weight excluding hydrogens is 290 g/mol. The van der Waals surface area contributed by atoms with E-state index in [0.717, 1.165) is 5.56 Å². The Balaban J connectivity index is 2.45. The lowest BCUT2D eigenvalue weighted by atomic mass is 10.1. The zero-order valence-electron chi connectivity index (χ0n) is 12.5. The molecule has 0 heterocycles. The number of halogens is 1. The van der Waals surface area contributed by atoms with Crippen LogP contribution in [0.25, 0.3) is 0 Å². The van der Waals surface area contributed by atoms with Crippen LogP contribution in [0.4, 0.5) is 0 Å². The first kappa shape index (κ1) is 17.5. The lowest BCUT2D eigenvalue weighted by Gasteiger charge is -2.17. The molecule has 0 aliphatic rings. The van der Waals surface area contributed by atoms with Crippen LogP contribution in [0, 0.1) is 5.92 Å². The van der Waals surface area contributed by atoms with E-state index in [1.54, 1.807) is 12.1 Å². The average Bonchev–Trinajstić information content (AvgIpc) is 2.43. The van der Waals surface area contributed by atoms with Crippen molar-refractivity contribution in [3.8, 4) is 0 Å². The Hall–Kier alpha value is -1.59. The van der Waals surface area contributed by atoms with Gasteiger partial charge in [-0.05, 0) is 30.5 Å². The molecule has 0 fully saturated rings. The Morgan fingerprint density at radius 2 is 1.95 bits per heavy atom. The minimum absolute atomic E-state index is 0.0263. The smallest absolute Gasteiger partial charge is 0.239 e. The molecule has 2 atom stereocenters. The van der Waals surface area contributed by atoms with Gasteiger partial charge in [-0.15, -0.1) is 0 Å². The van der Waals surface area contributed by atoms with E-state index in [4.69, 9.17) is 17.3 Å². The van der Waals surface area contributed by atoms with Gasteiger partial charge in [0.15, 0.2) is 0 Å². The molecule has 0 aliphatic heterocycles. The summed E-state index contributed by atoms with van der Waals surface area (Å²) in [5.41, 5.74) is 6.60. The highest BCUT2D eigenvalue weighted by molar-refractivity contribution is 6.30. The van der Waals surface area contributed by atoms with Gasteiger partial charge in [0, 0.05) is 5.02 Å². The number of hydrogen-bond acceptors (Lipinski definition) is 3. The quantitative estimate of drug-likeness (QED) is 0.746. The second kappa shape index (κ2) is 8.00. The van der Waals surface area contributed by atoms with Crippen LogP contribution in [0.5, 0.6) is 0 Å². The Bertz CT molecular complexity index is 505. The Morgan fingerprint density at radius 3 is 2.52 bits per heavy atom. The van der Waals surface area contributed by atoms with E-state index in [2.05, 4.69) is 10.6 Å². The third-order valence-electron chi connectivity index (χ3n) is 3.17. The number of nitrogens with two attached hydrogens (primary N) is 1. The van der Waals surface area contributed by atoms with Crippen molar-refractivity contribution in [2.24, 2.45) is 11.7 Å². The first-order valence-corrected chi connectivity index (χ1v) is 7.27. The van der Waals surface area contributed by atoms with E-state index in [-0.39, 0.29) is 30.3 Å². The van der Waals surface area contributed by atoms with Crippen molar-refractivity contribution in [1.82, 2.24) is 10.6 Å². The molecule has 0 radical (unpaired) electrons. The first-order valence-electron chi connectivity index (χ1n) is 6.89. The van der Waals surface area contributed by atoms with Crippen molar-refractivity contribution in [2.45, 2.75) is 32.9 Å². The molecule has 0 bridgehead atoms. The van der Waals surface area contributed by atoms with Crippen molar-refractivity contribution in [2.75, 3.05) is 6.54 Å². The van der Waals surface area contributed by atoms with Crippen LogP contribution in [0.3, 0.4) is 0 Å². The minimum atomic E-state index is -0.608. The van der Waals surface area contributed by atoms with Crippen molar-refractivity contribution in [3.05, 3.63) is 34.9 Å². The fraction of sp³-hybridized carbons (Fsp3) is 0.467. The summed E-state index contributed by atoms with van der Waals surface area (Å²) in [6, 6.07) is 6.47. The van der Waals surface area contributed by atoms with E-state index < -0.39 is 6.04 Å². The molecular formula is C15H22ClN3O2. The van der Waals surface area contributed by atoms with Crippen LogP contribution in [0.2, 0.25) is 5.02 Å². The largest absolute Gasteiger partial charge is 0.348 e. The lowest BCUT2D eigenvalue weighted by molar-refractivity contribution is -0.127. The predicted octanol–water partition coefficient (Wildman–Crippen LogP) is 1.62. The fourth-order valence-electron chi connectivity index (χ4n) is 1.74. The van der Waals surface area contributed by atoms with E-state index in [9.17, 15) is 9.59 Å². The molecule has 0 saturated carbocycles. The van der Waals surface area contributed by atoms with Gasteiger partial charge >= 0.3 is 0 Å². The molecule has 1 rings (SSSR count). The molecule has 21 heavy (non-hydrogen) atoms. The summed E-state index contributed by atoms with van der Waals surface area (Å²) >= 11 is 5.91. The number of nitrogens with one attached hydrogen (secondary N) is 2. The number of carbonyl (C=O) groups is 2. The molecule has 2 amide bonds. The highest BCUT2D eigenvalue weighted by Gasteiger charge is 2.18. The highest BCUT2D eigenvalue weighted by atomic mass is 35.5. The van der Waals surface area contributed by atoms with Crippen LogP contribution in [0.1, 0.15) is 32.4 Å². The Morgan fingerprint density at radius 1 is 1.29 bits per heavy atom. The number of benzene rings is 1. The van der Waals surface area contributed by atoms with Gasteiger partial charge in [0.25, 0.3) is 0 Å². The maximum atomic E-state index is 11.8. The predicted molar refractivity (Wildman–Crippen MR) is 83.8 cm³/mol. The van der Waals surface area contributed by atoms with Crippen LogP contribution in [-0.4, -0.2) is 24.4 Å². The van der Waals surface area contributed by atoms with Crippen molar-refractivity contribution in [3.63, 3.8) is 0 Å². The van der Waals surface area contributed by atoms with Crippen LogP contribution < -0.4 is 16.4 Å². The van der Waals surface area contributed by atoms with E-state index >= 15 is 0 Å². The number of rotatable bonds is 6. The number of hydrogen-bond donors (Lipinski definition) is 3. The van der Waals surface area contributed by atoms with Gasteiger partial charge in [0.1, 0.15) is 0 Å². The second-order valence-corrected chi connectivity index (χ2v) is 5.77. The molecule has 1 aromatic carbocycles. The third-order valence-corrected chi connectivity index (χ3v) is 3.41. The molecule has 5 nitrogen and oxygen atoms in total. The van der Waals surface area contributed by atoms with Crippen LogP contribution in [0.15, 0.2) is 24.3 Å². The normalized spacial score (nSPS) is 13.6. The summed E-state index contributed by atoms with van der Waals surface area (Å²) in [6.07, 6.45) is 0. The monoisotopic (exact) mass is 311 g/mol. The maximum Gasteiger partial charge on any atom is 0.239 e. The molecule has 0 aromatic heterocycles. The van der Waals surface area contributed by atoms with Crippen LogP contribution in [-0.2, 0) is 9.59 Å².